The average Bonchev–Trinajstić information content (AvgIpc) is 2.65. The summed E-state index contributed by atoms with van der Waals surface area (Å²) in [7, 11) is 0. The summed E-state index contributed by atoms with van der Waals surface area (Å²) in [5.74, 6) is 0. The summed E-state index contributed by atoms with van der Waals surface area (Å²) in [6.07, 6.45) is 17.0. The van der Waals surface area contributed by atoms with Crippen LogP contribution in [-0.2, 0) is 6.42 Å². The zero-order chi connectivity index (χ0) is 19.9. The van der Waals surface area contributed by atoms with Crippen LogP contribution >= 0.6 is 0 Å². The van der Waals surface area contributed by atoms with Crippen molar-refractivity contribution in [2.24, 2.45) is 0 Å². The minimum Gasteiger partial charge on any atom is -0.258 e. The van der Waals surface area contributed by atoms with E-state index in [2.05, 4.69) is 6.92 Å². The Hall–Kier alpha value is -1.98. The number of non-ortho nitro benzene ring substituents is 1. The second-order valence-corrected chi connectivity index (χ2v) is 7.32. The van der Waals surface area contributed by atoms with Crippen LogP contribution < -0.4 is 0 Å². The number of hydrogen-bond donors (Lipinski definition) is 0. The molecule has 0 unspecified atom stereocenters. The number of aryl methyl sites for hydroxylation is 1. The van der Waals surface area contributed by atoms with Crippen LogP contribution in [0.2, 0.25) is 0 Å². The predicted molar refractivity (Wildman–Crippen MR) is 109 cm³/mol. The molecule has 0 spiro atoms. The molecule has 0 bridgehead atoms. The van der Waals surface area contributed by atoms with E-state index in [1.165, 1.54) is 76.3 Å². The molecule has 0 atom stereocenters. The van der Waals surface area contributed by atoms with Crippen molar-refractivity contribution in [3.05, 3.63) is 44.0 Å². The largest absolute Gasteiger partial charge is 0.279 e. The first-order valence-electron chi connectivity index (χ1n) is 10.5. The molecular formula is C21H34N2O4. The summed E-state index contributed by atoms with van der Waals surface area (Å²) in [5, 5.41) is 21.9. The molecule has 0 fully saturated rings. The molecule has 1 aromatic carbocycles. The van der Waals surface area contributed by atoms with Gasteiger partial charge in [0.25, 0.3) is 11.4 Å². The third kappa shape index (κ3) is 10.1. The number of nitro groups is 2. The van der Waals surface area contributed by atoms with Crippen molar-refractivity contribution in [2.75, 3.05) is 0 Å². The van der Waals surface area contributed by atoms with Crippen molar-refractivity contribution in [1.29, 1.82) is 0 Å². The number of nitro benzene ring substituents is 2. The van der Waals surface area contributed by atoms with Gasteiger partial charge < -0.3 is 0 Å². The first-order valence-corrected chi connectivity index (χ1v) is 10.5. The maximum absolute atomic E-state index is 11.1. The fourth-order valence-electron chi connectivity index (χ4n) is 3.38. The van der Waals surface area contributed by atoms with Crippen LogP contribution in [0.3, 0.4) is 0 Å². The van der Waals surface area contributed by atoms with Crippen molar-refractivity contribution in [3.8, 4) is 0 Å². The van der Waals surface area contributed by atoms with Gasteiger partial charge in [0.2, 0.25) is 0 Å². The first kappa shape index (κ1) is 23.1. The molecule has 1 aromatic rings. The van der Waals surface area contributed by atoms with Gasteiger partial charge in [-0.1, -0.05) is 84.0 Å². The number of unbranched alkanes of at least 4 members (excludes halogenated alkanes) is 12. The topological polar surface area (TPSA) is 86.3 Å². The van der Waals surface area contributed by atoms with Crippen molar-refractivity contribution < 1.29 is 9.85 Å². The van der Waals surface area contributed by atoms with E-state index in [0.717, 1.165) is 25.3 Å². The Morgan fingerprint density at radius 3 is 1.63 bits per heavy atom. The minimum absolute atomic E-state index is 0.136. The fourth-order valence-corrected chi connectivity index (χ4v) is 3.38. The highest BCUT2D eigenvalue weighted by Gasteiger charge is 2.18. The SMILES string of the molecule is CCCCCCCCCCCCCCCc1ccc([N+](=O)[O-])cc1[N+](=O)[O-]. The maximum atomic E-state index is 11.1. The summed E-state index contributed by atoms with van der Waals surface area (Å²) >= 11 is 0. The number of rotatable bonds is 16. The Balaban J connectivity index is 2.11. The number of nitrogens with zero attached hydrogens (tertiary/aromatic N) is 2. The van der Waals surface area contributed by atoms with E-state index in [9.17, 15) is 20.2 Å². The Bertz CT molecular complexity index is 575. The third-order valence-electron chi connectivity index (χ3n) is 5.03. The lowest BCUT2D eigenvalue weighted by molar-refractivity contribution is -0.394. The van der Waals surface area contributed by atoms with Gasteiger partial charge in [-0.25, -0.2) is 0 Å². The van der Waals surface area contributed by atoms with Crippen LogP contribution in [-0.4, -0.2) is 9.85 Å². The van der Waals surface area contributed by atoms with E-state index in [1.807, 2.05) is 0 Å². The summed E-state index contributed by atoms with van der Waals surface area (Å²) in [5.41, 5.74) is 0.229. The molecular weight excluding hydrogens is 344 g/mol. The smallest absolute Gasteiger partial charge is 0.258 e. The molecule has 0 N–H and O–H groups in total. The number of benzene rings is 1. The summed E-state index contributed by atoms with van der Waals surface area (Å²) in [6, 6.07) is 3.94. The molecule has 152 valence electrons. The minimum atomic E-state index is -0.595. The molecule has 0 saturated heterocycles. The van der Waals surface area contributed by atoms with Gasteiger partial charge >= 0.3 is 0 Å². The van der Waals surface area contributed by atoms with Gasteiger partial charge in [-0.15, -0.1) is 0 Å². The van der Waals surface area contributed by atoms with Gasteiger partial charge in [0, 0.05) is 11.6 Å². The Morgan fingerprint density at radius 1 is 0.704 bits per heavy atom. The summed E-state index contributed by atoms with van der Waals surface area (Å²) in [6.45, 7) is 2.24. The molecule has 0 aliphatic carbocycles. The Labute approximate surface area is 162 Å². The van der Waals surface area contributed by atoms with Crippen molar-refractivity contribution >= 4 is 11.4 Å². The van der Waals surface area contributed by atoms with Crippen LogP contribution in [0.5, 0.6) is 0 Å². The molecule has 0 aromatic heterocycles. The van der Waals surface area contributed by atoms with E-state index in [1.54, 1.807) is 0 Å². The Morgan fingerprint density at radius 2 is 1.19 bits per heavy atom. The molecule has 0 aliphatic heterocycles. The van der Waals surface area contributed by atoms with E-state index in [0.29, 0.717) is 12.0 Å². The molecule has 1 rings (SSSR count). The summed E-state index contributed by atoms with van der Waals surface area (Å²) in [4.78, 5) is 20.8. The van der Waals surface area contributed by atoms with Gasteiger partial charge in [0.15, 0.2) is 0 Å². The standard InChI is InChI=1S/C21H34N2O4/c1-2-3-4-5-6-7-8-9-10-11-12-13-14-15-19-16-17-20(22(24)25)18-21(19)23(26)27/h16-18H,2-15H2,1H3. The molecule has 27 heavy (non-hydrogen) atoms. The molecule has 0 amide bonds. The normalized spacial score (nSPS) is 10.9. The monoisotopic (exact) mass is 378 g/mol. The summed E-state index contributed by atoms with van der Waals surface area (Å²) < 4.78 is 0. The molecule has 6 heteroatoms. The number of hydrogen-bond acceptors (Lipinski definition) is 4. The lowest BCUT2D eigenvalue weighted by atomic mass is 10.0. The Kier molecular flexibility index (Phi) is 12.1. The molecule has 0 radical (unpaired) electrons. The van der Waals surface area contributed by atoms with Crippen LogP contribution in [0.15, 0.2) is 18.2 Å². The van der Waals surface area contributed by atoms with Gasteiger partial charge in [-0.3, -0.25) is 20.2 Å². The molecule has 0 saturated carbocycles. The lowest BCUT2D eigenvalue weighted by Gasteiger charge is -2.04. The quantitative estimate of drug-likeness (QED) is 0.174. The molecule has 0 aliphatic rings. The fraction of sp³-hybridized carbons (Fsp3) is 0.714. The van der Waals surface area contributed by atoms with Crippen molar-refractivity contribution in [2.45, 2.75) is 96.8 Å². The van der Waals surface area contributed by atoms with Crippen molar-refractivity contribution in [3.63, 3.8) is 0 Å². The molecule has 6 nitrogen and oxygen atoms in total. The maximum Gasteiger partial charge on any atom is 0.279 e. The highest BCUT2D eigenvalue weighted by molar-refractivity contribution is 5.49. The average molecular weight is 379 g/mol. The van der Waals surface area contributed by atoms with E-state index >= 15 is 0 Å². The van der Waals surface area contributed by atoms with Crippen LogP contribution in [0, 0.1) is 20.2 Å². The highest BCUT2D eigenvalue weighted by Crippen LogP contribution is 2.26. The van der Waals surface area contributed by atoms with Gasteiger partial charge in [0.05, 0.1) is 15.9 Å². The van der Waals surface area contributed by atoms with Crippen molar-refractivity contribution in [1.82, 2.24) is 0 Å². The van der Waals surface area contributed by atoms with E-state index in [4.69, 9.17) is 0 Å². The lowest BCUT2D eigenvalue weighted by Crippen LogP contribution is -1.98. The van der Waals surface area contributed by atoms with Gasteiger partial charge in [0.1, 0.15) is 0 Å². The van der Waals surface area contributed by atoms with E-state index in [-0.39, 0.29) is 11.4 Å². The van der Waals surface area contributed by atoms with E-state index < -0.39 is 9.85 Å². The van der Waals surface area contributed by atoms with Gasteiger partial charge in [-0.2, -0.15) is 0 Å². The highest BCUT2D eigenvalue weighted by atomic mass is 16.6. The second kappa shape index (κ2) is 14.1. The van der Waals surface area contributed by atoms with Gasteiger partial charge in [-0.05, 0) is 18.9 Å². The third-order valence-corrected chi connectivity index (χ3v) is 5.03. The zero-order valence-electron chi connectivity index (χ0n) is 16.7. The molecule has 0 heterocycles. The second-order valence-electron chi connectivity index (χ2n) is 7.32. The van der Waals surface area contributed by atoms with Crippen LogP contribution in [0.4, 0.5) is 11.4 Å². The van der Waals surface area contributed by atoms with Crippen LogP contribution in [0.1, 0.15) is 96.0 Å². The van der Waals surface area contributed by atoms with Crippen LogP contribution in [0.25, 0.3) is 0 Å². The zero-order valence-corrected chi connectivity index (χ0v) is 16.7. The predicted octanol–water partition coefficient (Wildman–Crippen LogP) is 7.14. The first-order chi connectivity index (χ1) is 13.1.